The number of benzene rings is 2. The number of nitro groups is 1. The van der Waals surface area contributed by atoms with Gasteiger partial charge in [-0.3, -0.25) is 24.3 Å². The number of rotatable bonds is 7. The second-order valence-corrected chi connectivity index (χ2v) is 7.33. The summed E-state index contributed by atoms with van der Waals surface area (Å²) in [5, 5.41) is 24.8. The maximum absolute atomic E-state index is 12.3. The van der Waals surface area contributed by atoms with Crippen LogP contribution in [0.25, 0.3) is 10.8 Å². The number of anilines is 1. The van der Waals surface area contributed by atoms with Crippen LogP contribution in [-0.4, -0.2) is 30.4 Å². The lowest BCUT2D eigenvalue weighted by atomic mass is 10.0. The van der Waals surface area contributed by atoms with Gasteiger partial charge in [-0.2, -0.15) is 10.2 Å². The van der Waals surface area contributed by atoms with Crippen molar-refractivity contribution >= 4 is 28.2 Å². The molecule has 0 fully saturated rings. The number of hydrogen-bond acceptors (Lipinski definition) is 5. The van der Waals surface area contributed by atoms with E-state index in [0.717, 1.165) is 5.56 Å². The van der Waals surface area contributed by atoms with Crippen LogP contribution in [0.5, 0.6) is 0 Å². The number of amides is 1. The summed E-state index contributed by atoms with van der Waals surface area (Å²) in [7, 11) is 0. The Hall–Kier alpha value is -4.01. The summed E-state index contributed by atoms with van der Waals surface area (Å²) in [5.41, 5.74) is 1.92. The van der Waals surface area contributed by atoms with Crippen LogP contribution >= 0.6 is 0 Å². The number of fused-ring (bicyclic) bond motifs is 1. The summed E-state index contributed by atoms with van der Waals surface area (Å²) in [4.78, 5) is 23.0. The number of aryl methyl sites for hydroxylation is 2. The number of nitrogens with one attached hydrogen (secondary N) is 1. The molecule has 1 N–H and O–H groups in total. The summed E-state index contributed by atoms with van der Waals surface area (Å²) < 4.78 is 3.27. The van der Waals surface area contributed by atoms with Crippen molar-refractivity contribution < 1.29 is 9.72 Å². The zero-order valence-corrected chi connectivity index (χ0v) is 17.3. The Morgan fingerprint density at radius 2 is 1.87 bits per heavy atom. The van der Waals surface area contributed by atoms with Crippen molar-refractivity contribution in [3.63, 3.8) is 0 Å². The Labute approximate surface area is 178 Å². The van der Waals surface area contributed by atoms with Gasteiger partial charge in [0.1, 0.15) is 11.4 Å². The SMILES string of the molecule is Cc1nn(CCC(=O)Nc2ccn(Cc3cccc4ccccc34)n2)c(C)c1[N+](=O)[O-]. The third-order valence-corrected chi connectivity index (χ3v) is 5.20. The number of nitrogens with zero attached hydrogens (tertiary/aromatic N) is 5. The Morgan fingerprint density at radius 1 is 1.10 bits per heavy atom. The van der Waals surface area contributed by atoms with Crippen LogP contribution in [-0.2, 0) is 17.9 Å². The normalized spacial score (nSPS) is 11.0. The second kappa shape index (κ2) is 8.39. The first kappa shape index (κ1) is 20.3. The number of aromatic nitrogens is 4. The molecule has 2 aromatic carbocycles. The molecule has 0 unspecified atom stereocenters. The van der Waals surface area contributed by atoms with Gasteiger partial charge in [0, 0.05) is 18.7 Å². The number of hydrogen-bond donors (Lipinski definition) is 1. The monoisotopic (exact) mass is 418 g/mol. The van der Waals surface area contributed by atoms with Crippen LogP contribution in [0.3, 0.4) is 0 Å². The lowest BCUT2D eigenvalue weighted by Gasteiger charge is -2.07. The van der Waals surface area contributed by atoms with E-state index in [1.807, 2.05) is 24.4 Å². The highest BCUT2D eigenvalue weighted by Crippen LogP contribution is 2.22. The molecule has 0 saturated heterocycles. The molecule has 2 heterocycles. The minimum absolute atomic E-state index is 0.00686. The third-order valence-electron chi connectivity index (χ3n) is 5.20. The maximum Gasteiger partial charge on any atom is 0.312 e. The topological polar surface area (TPSA) is 108 Å². The number of carbonyl (C=O) groups excluding carboxylic acids is 1. The van der Waals surface area contributed by atoms with Crippen LogP contribution in [0.1, 0.15) is 23.4 Å². The molecular formula is C22H22N6O3. The first-order chi connectivity index (χ1) is 14.9. The molecule has 4 aromatic rings. The average molecular weight is 418 g/mol. The molecule has 0 saturated carbocycles. The van der Waals surface area contributed by atoms with Gasteiger partial charge in [-0.15, -0.1) is 0 Å². The van der Waals surface area contributed by atoms with Crippen molar-refractivity contribution in [1.29, 1.82) is 0 Å². The minimum atomic E-state index is -0.448. The lowest BCUT2D eigenvalue weighted by molar-refractivity contribution is -0.386. The van der Waals surface area contributed by atoms with Gasteiger partial charge in [-0.1, -0.05) is 42.5 Å². The Morgan fingerprint density at radius 3 is 2.65 bits per heavy atom. The maximum atomic E-state index is 12.3. The summed E-state index contributed by atoms with van der Waals surface area (Å²) in [6.07, 6.45) is 1.96. The van der Waals surface area contributed by atoms with Crippen LogP contribution < -0.4 is 5.32 Å². The number of carbonyl (C=O) groups is 1. The fourth-order valence-corrected chi connectivity index (χ4v) is 3.70. The molecule has 0 aliphatic rings. The van der Waals surface area contributed by atoms with Gasteiger partial charge in [0.2, 0.25) is 5.91 Å². The third kappa shape index (κ3) is 4.30. The van der Waals surface area contributed by atoms with Crippen molar-refractivity contribution in [1.82, 2.24) is 19.6 Å². The van der Waals surface area contributed by atoms with E-state index in [2.05, 4.69) is 39.8 Å². The highest BCUT2D eigenvalue weighted by atomic mass is 16.6. The van der Waals surface area contributed by atoms with Gasteiger partial charge in [0.05, 0.1) is 18.0 Å². The van der Waals surface area contributed by atoms with Crippen LogP contribution in [0.2, 0.25) is 0 Å². The fourth-order valence-electron chi connectivity index (χ4n) is 3.70. The van der Waals surface area contributed by atoms with Crippen LogP contribution in [0.4, 0.5) is 11.5 Å². The van der Waals surface area contributed by atoms with E-state index in [9.17, 15) is 14.9 Å². The van der Waals surface area contributed by atoms with Gasteiger partial charge in [-0.05, 0) is 30.2 Å². The van der Waals surface area contributed by atoms with Crippen molar-refractivity contribution in [2.24, 2.45) is 0 Å². The standard InChI is InChI=1S/C22H22N6O3/c1-15-22(28(30)31)16(2)27(24-15)13-11-21(29)23-20-10-12-26(25-20)14-18-8-5-7-17-6-3-4-9-19(17)18/h3-10,12H,11,13-14H2,1-2H3,(H,23,25,29). The van der Waals surface area contributed by atoms with E-state index in [1.54, 1.807) is 24.6 Å². The summed E-state index contributed by atoms with van der Waals surface area (Å²) in [6.45, 7) is 4.06. The predicted molar refractivity (Wildman–Crippen MR) is 117 cm³/mol. The Bertz CT molecular complexity index is 1270. The summed E-state index contributed by atoms with van der Waals surface area (Å²) in [6, 6.07) is 16.1. The molecule has 2 aromatic heterocycles. The van der Waals surface area contributed by atoms with Gasteiger partial charge < -0.3 is 5.32 Å². The smallest absolute Gasteiger partial charge is 0.309 e. The van der Waals surface area contributed by atoms with Gasteiger partial charge in [0.15, 0.2) is 5.82 Å². The zero-order valence-electron chi connectivity index (χ0n) is 17.3. The molecule has 0 bridgehead atoms. The molecule has 0 atom stereocenters. The quantitative estimate of drug-likeness (QED) is 0.362. The molecule has 9 heteroatoms. The lowest BCUT2D eigenvalue weighted by Crippen LogP contribution is -2.16. The summed E-state index contributed by atoms with van der Waals surface area (Å²) >= 11 is 0. The predicted octanol–water partition coefficient (Wildman–Crippen LogP) is 3.83. The molecule has 0 aliphatic carbocycles. The molecule has 0 radical (unpaired) electrons. The second-order valence-electron chi connectivity index (χ2n) is 7.33. The highest BCUT2D eigenvalue weighted by molar-refractivity contribution is 5.89. The van der Waals surface area contributed by atoms with E-state index in [1.165, 1.54) is 15.5 Å². The molecule has 9 nitrogen and oxygen atoms in total. The first-order valence-corrected chi connectivity index (χ1v) is 9.90. The summed E-state index contributed by atoms with van der Waals surface area (Å²) in [5.74, 6) is 0.232. The molecule has 1 amide bonds. The van der Waals surface area contributed by atoms with Gasteiger partial charge in [0.25, 0.3) is 0 Å². The van der Waals surface area contributed by atoms with E-state index in [-0.39, 0.29) is 24.6 Å². The van der Waals surface area contributed by atoms with Crippen molar-refractivity contribution in [3.8, 4) is 0 Å². The average Bonchev–Trinajstić information content (AvgIpc) is 3.29. The Balaban J connectivity index is 1.38. The molecular weight excluding hydrogens is 396 g/mol. The van der Waals surface area contributed by atoms with E-state index < -0.39 is 4.92 Å². The highest BCUT2D eigenvalue weighted by Gasteiger charge is 2.21. The Kier molecular flexibility index (Phi) is 5.48. The molecule has 0 aliphatic heterocycles. The van der Waals surface area contributed by atoms with E-state index in [0.29, 0.717) is 23.8 Å². The first-order valence-electron chi connectivity index (χ1n) is 9.90. The van der Waals surface area contributed by atoms with Crippen molar-refractivity contribution in [2.75, 3.05) is 5.32 Å². The van der Waals surface area contributed by atoms with Crippen molar-refractivity contribution in [3.05, 3.63) is 81.8 Å². The van der Waals surface area contributed by atoms with Crippen molar-refractivity contribution in [2.45, 2.75) is 33.4 Å². The van der Waals surface area contributed by atoms with E-state index in [4.69, 9.17) is 0 Å². The fraction of sp³-hybridized carbons (Fsp3) is 0.227. The van der Waals surface area contributed by atoms with Gasteiger partial charge in [-0.25, -0.2) is 0 Å². The minimum Gasteiger partial charge on any atom is -0.309 e. The molecule has 0 spiro atoms. The van der Waals surface area contributed by atoms with Crippen LogP contribution in [0.15, 0.2) is 54.7 Å². The van der Waals surface area contributed by atoms with Crippen LogP contribution in [0, 0.1) is 24.0 Å². The molecule has 158 valence electrons. The molecule has 31 heavy (non-hydrogen) atoms. The molecule has 4 rings (SSSR count). The van der Waals surface area contributed by atoms with E-state index >= 15 is 0 Å². The largest absolute Gasteiger partial charge is 0.312 e. The zero-order chi connectivity index (χ0) is 22.0. The van der Waals surface area contributed by atoms with Gasteiger partial charge >= 0.3 is 5.69 Å².